The third-order valence-electron chi connectivity index (χ3n) is 4.62. The van der Waals surface area contributed by atoms with Crippen molar-refractivity contribution in [3.8, 4) is 5.75 Å². The van der Waals surface area contributed by atoms with Crippen molar-refractivity contribution >= 4 is 39.0 Å². The summed E-state index contributed by atoms with van der Waals surface area (Å²) in [5.41, 5.74) is -1.51. The zero-order valence-corrected chi connectivity index (χ0v) is 18.1. The maximum Gasteiger partial charge on any atom is 0.416 e. The molecule has 0 spiro atoms. The molecule has 0 bridgehead atoms. The first kappa shape index (κ1) is 22.8. The van der Waals surface area contributed by atoms with E-state index in [0.717, 1.165) is 12.1 Å². The van der Waals surface area contributed by atoms with Gasteiger partial charge in [-0.05, 0) is 42.5 Å². The van der Waals surface area contributed by atoms with Gasteiger partial charge in [0.15, 0.2) is 17.3 Å². The molecule has 13 heteroatoms. The Hall–Kier alpha value is -3.38. The summed E-state index contributed by atoms with van der Waals surface area (Å²) in [6.45, 7) is 0.322. The van der Waals surface area contributed by atoms with E-state index in [1.807, 2.05) is 0 Å². The highest BCUT2D eigenvalue weighted by molar-refractivity contribution is 7.92. The lowest BCUT2D eigenvalue weighted by molar-refractivity contribution is -0.137. The number of sulfonamides is 1. The topological polar surface area (TPSA) is 101 Å². The Morgan fingerprint density at radius 3 is 2.58 bits per heavy atom. The van der Waals surface area contributed by atoms with Crippen LogP contribution in [0.2, 0.25) is 5.02 Å². The lowest BCUT2D eigenvalue weighted by Crippen LogP contribution is -2.39. The molecule has 33 heavy (non-hydrogen) atoms. The highest BCUT2D eigenvalue weighted by atomic mass is 35.5. The summed E-state index contributed by atoms with van der Waals surface area (Å²) in [6, 6.07) is 7.37. The molecule has 1 amide bonds. The number of carbonyl (C=O) groups is 1. The van der Waals surface area contributed by atoms with Gasteiger partial charge in [0.1, 0.15) is 6.61 Å². The van der Waals surface area contributed by atoms with Crippen molar-refractivity contribution in [1.82, 2.24) is 9.97 Å². The summed E-state index contributed by atoms with van der Waals surface area (Å²) in [5, 5.41) is 0.0390. The van der Waals surface area contributed by atoms with Crippen molar-refractivity contribution in [3.05, 3.63) is 71.1 Å². The number of nitrogens with one attached hydrogen (secondary N) is 1. The Labute approximate surface area is 191 Å². The van der Waals surface area contributed by atoms with Crippen molar-refractivity contribution in [2.24, 2.45) is 0 Å². The number of carbonyl (C=O) groups excluding carboxylic acids is 1. The first-order valence-corrected chi connectivity index (χ1v) is 11.2. The van der Waals surface area contributed by atoms with Gasteiger partial charge in [-0.1, -0.05) is 11.6 Å². The van der Waals surface area contributed by atoms with Crippen molar-refractivity contribution < 1.29 is 31.1 Å². The predicted molar refractivity (Wildman–Crippen MR) is 113 cm³/mol. The maximum absolute atomic E-state index is 13.2. The molecule has 8 nitrogen and oxygen atoms in total. The normalized spacial score (nSPS) is 13.8. The lowest BCUT2D eigenvalue weighted by atomic mass is 10.2. The molecule has 3 heterocycles. The summed E-state index contributed by atoms with van der Waals surface area (Å²) in [4.78, 5) is 22.2. The van der Waals surface area contributed by atoms with Gasteiger partial charge in [-0.25, -0.2) is 18.4 Å². The van der Waals surface area contributed by atoms with Gasteiger partial charge >= 0.3 is 6.18 Å². The van der Waals surface area contributed by atoms with E-state index in [1.54, 1.807) is 12.1 Å². The quantitative estimate of drug-likeness (QED) is 0.583. The molecule has 0 atom stereocenters. The van der Waals surface area contributed by atoms with Gasteiger partial charge in [0.25, 0.3) is 15.9 Å². The Kier molecular flexibility index (Phi) is 5.89. The van der Waals surface area contributed by atoms with Gasteiger partial charge in [-0.3, -0.25) is 14.4 Å². The minimum Gasteiger partial charge on any atom is -0.488 e. The number of halogens is 4. The number of nitrogens with zero attached hydrogens (tertiary/aromatic N) is 3. The average Bonchev–Trinajstić information content (AvgIpc) is 2.77. The van der Waals surface area contributed by atoms with Crippen LogP contribution in [-0.2, 0) is 16.2 Å². The molecule has 2 aromatic heterocycles. The van der Waals surface area contributed by atoms with Crippen LogP contribution >= 0.6 is 11.6 Å². The van der Waals surface area contributed by atoms with E-state index in [4.69, 9.17) is 16.3 Å². The Balaban J connectivity index is 1.68. The highest BCUT2D eigenvalue weighted by Gasteiger charge is 2.32. The van der Waals surface area contributed by atoms with Crippen LogP contribution < -0.4 is 14.4 Å². The first-order valence-electron chi connectivity index (χ1n) is 9.31. The predicted octanol–water partition coefficient (Wildman–Crippen LogP) is 3.99. The van der Waals surface area contributed by atoms with E-state index >= 15 is 0 Å². The van der Waals surface area contributed by atoms with E-state index < -0.39 is 32.6 Å². The van der Waals surface area contributed by atoms with Gasteiger partial charge in [0.05, 0.1) is 27.7 Å². The molecule has 1 aromatic carbocycles. The highest BCUT2D eigenvalue weighted by Crippen LogP contribution is 2.32. The Morgan fingerprint density at radius 2 is 1.88 bits per heavy atom. The van der Waals surface area contributed by atoms with Crippen molar-refractivity contribution in [2.75, 3.05) is 22.8 Å². The number of benzene rings is 1. The van der Waals surface area contributed by atoms with Crippen molar-refractivity contribution in [3.63, 3.8) is 0 Å². The SMILES string of the molecule is O=C(c1ncc(Cl)cc1NS(=O)(=O)c1ccc(C(F)(F)F)cc1)N1CCOc2cccnc21. The summed E-state index contributed by atoms with van der Waals surface area (Å²) in [6.07, 6.45) is -1.98. The van der Waals surface area contributed by atoms with E-state index in [-0.39, 0.29) is 35.4 Å². The van der Waals surface area contributed by atoms with Crippen LogP contribution in [0.4, 0.5) is 24.7 Å². The van der Waals surface area contributed by atoms with Crippen LogP contribution in [0.3, 0.4) is 0 Å². The van der Waals surface area contributed by atoms with Crippen LogP contribution in [0, 0.1) is 0 Å². The molecule has 0 aliphatic carbocycles. The second-order valence-electron chi connectivity index (χ2n) is 6.81. The summed E-state index contributed by atoms with van der Waals surface area (Å²) >= 11 is 5.95. The number of hydrogen-bond acceptors (Lipinski definition) is 6. The van der Waals surface area contributed by atoms with E-state index in [2.05, 4.69) is 14.7 Å². The minimum absolute atomic E-state index is 0.0390. The Morgan fingerprint density at radius 1 is 1.15 bits per heavy atom. The Bertz CT molecular complexity index is 1320. The minimum atomic E-state index is -4.62. The van der Waals surface area contributed by atoms with E-state index in [0.29, 0.717) is 17.9 Å². The molecule has 1 aliphatic rings. The van der Waals surface area contributed by atoms with Crippen molar-refractivity contribution in [1.29, 1.82) is 0 Å². The monoisotopic (exact) mass is 498 g/mol. The number of pyridine rings is 2. The maximum atomic E-state index is 13.2. The summed E-state index contributed by atoms with van der Waals surface area (Å²) in [5.74, 6) is -0.0555. The third-order valence-corrected chi connectivity index (χ3v) is 6.21. The molecule has 1 aliphatic heterocycles. The zero-order valence-electron chi connectivity index (χ0n) is 16.5. The molecular weight excluding hydrogens is 485 g/mol. The molecule has 0 saturated carbocycles. The second-order valence-corrected chi connectivity index (χ2v) is 8.93. The van der Waals surface area contributed by atoms with Crippen LogP contribution in [0.1, 0.15) is 16.1 Å². The number of alkyl halides is 3. The summed E-state index contributed by atoms with van der Waals surface area (Å²) < 4.78 is 71.6. The number of amides is 1. The largest absolute Gasteiger partial charge is 0.488 e. The van der Waals surface area contributed by atoms with Gasteiger partial charge in [-0.15, -0.1) is 0 Å². The molecule has 0 saturated heterocycles. The average molecular weight is 499 g/mol. The van der Waals surface area contributed by atoms with Gasteiger partial charge in [0.2, 0.25) is 0 Å². The van der Waals surface area contributed by atoms with Crippen LogP contribution in [0.15, 0.2) is 59.8 Å². The number of hydrogen-bond donors (Lipinski definition) is 1. The number of rotatable bonds is 4. The molecule has 0 radical (unpaired) electrons. The standard InChI is InChI=1S/C20H14ClF3N4O4S/c21-13-10-15(27-33(30,31)14-5-3-12(4-6-14)20(22,23)24)17(26-11-13)19(29)28-8-9-32-16-2-1-7-25-18(16)28/h1-7,10-11,27H,8-9H2. The molecule has 0 fully saturated rings. The van der Waals surface area contributed by atoms with Crippen LogP contribution in [0.25, 0.3) is 0 Å². The zero-order chi connectivity index (χ0) is 23.8. The number of ether oxygens (including phenoxy) is 1. The summed E-state index contributed by atoms with van der Waals surface area (Å²) in [7, 11) is -4.37. The number of fused-ring (bicyclic) bond motifs is 1. The van der Waals surface area contributed by atoms with E-state index in [1.165, 1.54) is 23.4 Å². The fraction of sp³-hybridized carbons (Fsp3) is 0.150. The molecule has 1 N–H and O–H groups in total. The fourth-order valence-corrected chi connectivity index (χ4v) is 4.31. The molecule has 3 aromatic rings. The molecule has 172 valence electrons. The molecule has 0 unspecified atom stereocenters. The number of aromatic nitrogens is 2. The van der Waals surface area contributed by atoms with Gasteiger partial charge in [-0.2, -0.15) is 13.2 Å². The van der Waals surface area contributed by atoms with Crippen LogP contribution in [0.5, 0.6) is 5.75 Å². The lowest BCUT2D eigenvalue weighted by Gasteiger charge is -2.28. The third kappa shape index (κ3) is 4.71. The van der Waals surface area contributed by atoms with Gasteiger partial charge in [0, 0.05) is 12.4 Å². The fourth-order valence-electron chi connectivity index (χ4n) is 3.09. The molecular formula is C20H14ClF3N4O4S. The van der Waals surface area contributed by atoms with Crippen LogP contribution in [-0.4, -0.2) is 37.4 Å². The van der Waals surface area contributed by atoms with Crippen molar-refractivity contribution in [2.45, 2.75) is 11.1 Å². The number of anilines is 2. The smallest absolute Gasteiger partial charge is 0.416 e. The van der Waals surface area contributed by atoms with E-state index in [9.17, 15) is 26.4 Å². The van der Waals surface area contributed by atoms with Gasteiger partial charge < -0.3 is 4.74 Å². The first-order chi connectivity index (χ1) is 15.6. The molecule has 4 rings (SSSR count). The second kappa shape index (κ2) is 8.52.